The van der Waals surface area contributed by atoms with Crippen LogP contribution >= 0.6 is 0 Å². The van der Waals surface area contributed by atoms with Gasteiger partial charge in [0.2, 0.25) is 5.95 Å². The van der Waals surface area contributed by atoms with Crippen LogP contribution in [0.5, 0.6) is 0 Å². The standard InChI is InChI=1S/C9H10N4O/c1-13-3-2-6(5-13)7-4-8(14)12-9(10)11-7/h2-5H,1H3,(H3,10,11,12,14). The van der Waals surface area contributed by atoms with Gasteiger partial charge in [0, 0.05) is 31.1 Å². The molecule has 0 aliphatic heterocycles. The van der Waals surface area contributed by atoms with Crippen molar-refractivity contribution < 1.29 is 0 Å². The number of nitrogen functional groups attached to an aromatic ring is 1. The summed E-state index contributed by atoms with van der Waals surface area (Å²) in [7, 11) is 1.90. The monoisotopic (exact) mass is 190 g/mol. The molecule has 14 heavy (non-hydrogen) atoms. The molecule has 0 aliphatic rings. The zero-order valence-corrected chi connectivity index (χ0v) is 7.69. The first-order valence-corrected chi connectivity index (χ1v) is 4.14. The third kappa shape index (κ3) is 1.52. The van der Waals surface area contributed by atoms with Crippen LogP contribution in [-0.2, 0) is 7.05 Å². The largest absolute Gasteiger partial charge is 0.369 e. The highest BCUT2D eigenvalue weighted by molar-refractivity contribution is 5.58. The third-order valence-corrected chi connectivity index (χ3v) is 1.89. The highest BCUT2D eigenvalue weighted by Gasteiger charge is 2.02. The first kappa shape index (κ1) is 8.55. The first-order valence-electron chi connectivity index (χ1n) is 4.14. The van der Waals surface area contributed by atoms with Crippen LogP contribution in [0.2, 0.25) is 0 Å². The van der Waals surface area contributed by atoms with Gasteiger partial charge in [0.25, 0.3) is 5.56 Å². The Morgan fingerprint density at radius 1 is 1.57 bits per heavy atom. The lowest BCUT2D eigenvalue weighted by Crippen LogP contribution is -2.10. The van der Waals surface area contributed by atoms with Gasteiger partial charge in [0.15, 0.2) is 0 Å². The molecule has 0 amide bonds. The summed E-state index contributed by atoms with van der Waals surface area (Å²) in [6.07, 6.45) is 3.76. The number of hydrogen-bond donors (Lipinski definition) is 2. The predicted octanol–water partition coefficient (Wildman–Crippen LogP) is 0.358. The number of nitrogens with one attached hydrogen (secondary N) is 1. The Labute approximate surface area is 80.2 Å². The minimum absolute atomic E-state index is 0.136. The van der Waals surface area contributed by atoms with Gasteiger partial charge >= 0.3 is 0 Å². The second-order valence-corrected chi connectivity index (χ2v) is 3.08. The van der Waals surface area contributed by atoms with Crippen molar-refractivity contribution in [2.24, 2.45) is 7.05 Å². The van der Waals surface area contributed by atoms with Crippen molar-refractivity contribution in [1.29, 1.82) is 0 Å². The van der Waals surface area contributed by atoms with Crippen LogP contribution in [0.15, 0.2) is 29.3 Å². The zero-order chi connectivity index (χ0) is 10.1. The van der Waals surface area contributed by atoms with Crippen molar-refractivity contribution >= 4 is 5.95 Å². The van der Waals surface area contributed by atoms with Gasteiger partial charge in [0.1, 0.15) is 0 Å². The zero-order valence-electron chi connectivity index (χ0n) is 7.69. The normalized spacial score (nSPS) is 10.4. The number of nitrogens with two attached hydrogens (primary N) is 1. The number of nitrogens with zero attached hydrogens (tertiary/aromatic N) is 2. The molecule has 0 radical (unpaired) electrons. The Balaban J connectivity index is 2.56. The van der Waals surface area contributed by atoms with Gasteiger partial charge in [-0.1, -0.05) is 0 Å². The molecule has 3 N–H and O–H groups in total. The molecule has 0 bridgehead atoms. The van der Waals surface area contributed by atoms with Crippen LogP contribution in [-0.4, -0.2) is 14.5 Å². The second kappa shape index (κ2) is 3.02. The molecular formula is C9H10N4O. The SMILES string of the molecule is Cn1ccc(-c2cc(=O)[nH]c(N)n2)c1. The summed E-state index contributed by atoms with van der Waals surface area (Å²) in [5.41, 5.74) is 6.66. The molecule has 5 nitrogen and oxygen atoms in total. The average molecular weight is 190 g/mol. The summed E-state index contributed by atoms with van der Waals surface area (Å²) in [5.74, 6) is 0.136. The van der Waals surface area contributed by atoms with Crippen LogP contribution in [0.3, 0.4) is 0 Å². The number of H-pyrrole nitrogens is 1. The minimum Gasteiger partial charge on any atom is -0.369 e. The molecule has 72 valence electrons. The molecule has 0 fully saturated rings. The highest BCUT2D eigenvalue weighted by Crippen LogP contribution is 2.14. The Morgan fingerprint density at radius 3 is 2.93 bits per heavy atom. The van der Waals surface area contributed by atoms with Crippen LogP contribution < -0.4 is 11.3 Å². The quantitative estimate of drug-likeness (QED) is 0.681. The number of anilines is 1. The number of hydrogen-bond acceptors (Lipinski definition) is 3. The number of aromatic amines is 1. The van der Waals surface area contributed by atoms with E-state index in [0.717, 1.165) is 5.56 Å². The summed E-state index contributed by atoms with van der Waals surface area (Å²) in [6, 6.07) is 3.30. The van der Waals surface area contributed by atoms with Gasteiger partial charge in [-0.05, 0) is 6.07 Å². The van der Waals surface area contributed by atoms with E-state index in [0.29, 0.717) is 5.69 Å². The lowest BCUT2D eigenvalue weighted by atomic mass is 10.2. The molecule has 2 rings (SSSR count). The van der Waals surface area contributed by atoms with Crippen LogP contribution in [0, 0.1) is 0 Å². The molecule has 2 aromatic heterocycles. The lowest BCUT2D eigenvalue weighted by Gasteiger charge is -1.97. The Hall–Kier alpha value is -2.04. The summed E-state index contributed by atoms with van der Waals surface area (Å²) in [5, 5.41) is 0. The number of aromatic nitrogens is 3. The Bertz CT molecular complexity index is 512. The van der Waals surface area contributed by atoms with Crippen LogP contribution in [0.1, 0.15) is 0 Å². The van der Waals surface area contributed by atoms with Gasteiger partial charge in [-0.2, -0.15) is 0 Å². The van der Waals surface area contributed by atoms with Gasteiger partial charge in [-0.25, -0.2) is 4.98 Å². The molecule has 0 unspecified atom stereocenters. The maximum absolute atomic E-state index is 11.1. The lowest BCUT2D eigenvalue weighted by molar-refractivity contribution is 0.928. The Kier molecular flexibility index (Phi) is 1.85. The van der Waals surface area contributed by atoms with Crippen molar-refractivity contribution in [2.45, 2.75) is 0 Å². The fraction of sp³-hybridized carbons (Fsp3) is 0.111. The van der Waals surface area contributed by atoms with Crippen molar-refractivity contribution in [3.8, 4) is 11.3 Å². The minimum atomic E-state index is -0.239. The third-order valence-electron chi connectivity index (χ3n) is 1.89. The summed E-state index contributed by atoms with van der Waals surface area (Å²) in [4.78, 5) is 17.5. The van der Waals surface area contributed by atoms with Crippen LogP contribution in [0.25, 0.3) is 11.3 Å². The summed E-state index contributed by atoms with van der Waals surface area (Å²) < 4.78 is 1.88. The van der Waals surface area contributed by atoms with Crippen molar-refractivity contribution in [3.05, 3.63) is 34.9 Å². The molecule has 2 heterocycles. The molecule has 0 aliphatic carbocycles. The molecule has 2 aromatic rings. The van der Waals surface area contributed by atoms with Gasteiger partial charge in [-0.3, -0.25) is 9.78 Å². The highest BCUT2D eigenvalue weighted by atomic mass is 16.1. The number of rotatable bonds is 1. The predicted molar refractivity (Wildman–Crippen MR) is 53.7 cm³/mol. The van der Waals surface area contributed by atoms with E-state index in [1.165, 1.54) is 6.07 Å². The smallest absolute Gasteiger partial charge is 0.252 e. The number of aryl methyl sites for hydroxylation is 1. The van der Waals surface area contributed by atoms with Crippen LogP contribution in [0.4, 0.5) is 5.95 Å². The Morgan fingerprint density at radius 2 is 2.36 bits per heavy atom. The maximum atomic E-state index is 11.1. The van der Waals surface area contributed by atoms with E-state index in [2.05, 4.69) is 9.97 Å². The first-order chi connectivity index (χ1) is 6.65. The fourth-order valence-electron chi connectivity index (χ4n) is 1.28. The second-order valence-electron chi connectivity index (χ2n) is 3.08. The van der Waals surface area contributed by atoms with E-state index < -0.39 is 0 Å². The molecule has 0 aromatic carbocycles. The van der Waals surface area contributed by atoms with Crippen molar-refractivity contribution in [2.75, 3.05) is 5.73 Å². The molecule has 0 spiro atoms. The summed E-state index contributed by atoms with van der Waals surface area (Å²) in [6.45, 7) is 0. The maximum Gasteiger partial charge on any atom is 0.252 e. The molecular weight excluding hydrogens is 180 g/mol. The average Bonchev–Trinajstić information content (AvgIpc) is 2.50. The molecule has 0 saturated heterocycles. The van der Waals surface area contributed by atoms with Gasteiger partial charge in [0.05, 0.1) is 5.69 Å². The fourth-order valence-corrected chi connectivity index (χ4v) is 1.28. The van der Waals surface area contributed by atoms with E-state index in [9.17, 15) is 4.79 Å². The van der Waals surface area contributed by atoms with Crippen molar-refractivity contribution in [1.82, 2.24) is 14.5 Å². The van der Waals surface area contributed by atoms with Gasteiger partial charge in [-0.15, -0.1) is 0 Å². The molecule has 5 heteroatoms. The van der Waals surface area contributed by atoms with E-state index in [4.69, 9.17) is 5.73 Å². The molecule has 0 saturated carbocycles. The van der Waals surface area contributed by atoms with E-state index in [1.807, 2.05) is 30.1 Å². The van der Waals surface area contributed by atoms with E-state index in [1.54, 1.807) is 0 Å². The summed E-state index contributed by atoms with van der Waals surface area (Å²) >= 11 is 0. The topological polar surface area (TPSA) is 76.7 Å². The van der Waals surface area contributed by atoms with E-state index >= 15 is 0 Å². The van der Waals surface area contributed by atoms with Crippen molar-refractivity contribution in [3.63, 3.8) is 0 Å². The molecule has 0 atom stereocenters. The van der Waals surface area contributed by atoms with E-state index in [-0.39, 0.29) is 11.5 Å². The van der Waals surface area contributed by atoms with Gasteiger partial charge < -0.3 is 10.3 Å².